The van der Waals surface area contributed by atoms with Gasteiger partial charge in [0.2, 0.25) is 5.91 Å². The minimum atomic E-state index is -1.01. The third kappa shape index (κ3) is 5.20. The molecule has 1 atom stereocenters. The fourth-order valence-electron chi connectivity index (χ4n) is 1.94. The number of amides is 3. The molecule has 22 heavy (non-hydrogen) atoms. The van der Waals surface area contributed by atoms with E-state index in [1.807, 2.05) is 31.2 Å². The van der Waals surface area contributed by atoms with Gasteiger partial charge in [0.15, 0.2) is 0 Å². The molecule has 120 valence electrons. The van der Waals surface area contributed by atoms with Gasteiger partial charge in [-0.15, -0.1) is 0 Å². The van der Waals surface area contributed by atoms with Crippen molar-refractivity contribution in [2.75, 3.05) is 6.54 Å². The molecule has 0 saturated carbocycles. The van der Waals surface area contributed by atoms with Crippen LogP contribution in [0.3, 0.4) is 0 Å². The Hall–Kier alpha value is -2.37. The molecule has 0 aliphatic heterocycles. The van der Waals surface area contributed by atoms with Gasteiger partial charge in [-0.25, -0.2) is 4.79 Å². The minimum Gasteiger partial charge on any atom is -0.481 e. The van der Waals surface area contributed by atoms with Crippen molar-refractivity contribution in [1.82, 2.24) is 10.2 Å². The van der Waals surface area contributed by atoms with Gasteiger partial charge in [0.1, 0.15) is 0 Å². The lowest BCUT2D eigenvalue weighted by atomic mass is 10.1. The van der Waals surface area contributed by atoms with Gasteiger partial charge in [-0.1, -0.05) is 36.8 Å². The lowest BCUT2D eigenvalue weighted by Gasteiger charge is -2.22. The number of nitrogens with zero attached hydrogens (tertiary/aromatic N) is 1. The van der Waals surface area contributed by atoms with Crippen molar-refractivity contribution in [2.45, 2.75) is 33.7 Å². The van der Waals surface area contributed by atoms with E-state index in [9.17, 15) is 14.4 Å². The van der Waals surface area contributed by atoms with Crippen molar-refractivity contribution in [2.24, 2.45) is 5.92 Å². The van der Waals surface area contributed by atoms with Gasteiger partial charge >= 0.3 is 12.0 Å². The standard InChI is InChI=1S/C16H22N2O4/c1-4-14(15(20)21)10-18(12(3)19)16(22)17-9-13-7-5-11(2)6-8-13/h5-8,14H,4,9-10H2,1-3H3,(H,17,22)(H,20,21)/t14-/m0/s1. The lowest BCUT2D eigenvalue weighted by Crippen LogP contribution is -2.46. The van der Waals surface area contributed by atoms with E-state index in [4.69, 9.17) is 5.11 Å². The number of carbonyl (C=O) groups is 3. The molecule has 6 nitrogen and oxygen atoms in total. The van der Waals surface area contributed by atoms with Crippen molar-refractivity contribution in [1.29, 1.82) is 0 Å². The molecule has 6 heteroatoms. The predicted octanol–water partition coefficient (Wildman–Crippen LogP) is 2.16. The van der Waals surface area contributed by atoms with Gasteiger partial charge in [-0.3, -0.25) is 14.5 Å². The van der Waals surface area contributed by atoms with Crippen LogP contribution in [0.4, 0.5) is 4.79 Å². The molecule has 0 saturated heterocycles. The van der Waals surface area contributed by atoms with Gasteiger partial charge in [0.25, 0.3) is 0 Å². The first-order valence-corrected chi connectivity index (χ1v) is 7.19. The molecule has 0 heterocycles. The molecule has 0 unspecified atom stereocenters. The maximum absolute atomic E-state index is 12.1. The smallest absolute Gasteiger partial charge is 0.324 e. The Labute approximate surface area is 130 Å². The first-order valence-electron chi connectivity index (χ1n) is 7.19. The minimum absolute atomic E-state index is 0.124. The summed E-state index contributed by atoms with van der Waals surface area (Å²) in [4.78, 5) is 35.7. The largest absolute Gasteiger partial charge is 0.481 e. The second kappa shape index (κ2) is 8.17. The number of carbonyl (C=O) groups excluding carboxylic acids is 2. The van der Waals surface area contributed by atoms with Crippen molar-refractivity contribution >= 4 is 17.9 Å². The lowest BCUT2D eigenvalue weighted by molar-refractivity contribution is -0.142. The van der Waals surface area contributed by atoms with Gasteiger partial charge in [0, 0.05) is 20.0 Å². The number of benzene rings is 1. The zero-order valence-electron chi connectivity index (χ0n) is 13.1. The zero-order valence-corrected chi connectivity index (χ0v) is 13.1. The Kier molecular flexibility index (Phi) is 6.56. The van der Waals surface area contributed by atoms with Gasteiger partial charge in [-0.2, -0.15) is 0 Å². The molecule has 1 aromatic rings. The van der Waals surface area contributed by atoms with E-state index in [0.29, 0.717) is 6.42 Å². The number of carboxylic acid groups (broad SMARTS) is 1. The fourth-order valence-corrected chi connectivity index (χ4v) is 1.94. The summed E-state index contributed by atoms with van der Waals surface area (Å²) in [6.07, 6.45) is 0.352. The third-order valence-electron chi connectivity index (χ3n) is 3.43. The first kappa shape index (κ1) is 17.7. The summed E-state index contributed by atoms with van der Waals surface area (Å²) < 4.78 is 0. The number of hydrogen-bond acceptors (Lipinski definition) is 3. The van der Waals surface area contributed by atoms with E-state index in [0.717, 1.165) is 16.0 Å². The van der Waals surface area contributed by atoms with Crippen LogP contribution in [0, 0.1) is 12.8 Å². The summed E-state index contributed by atoms with van der Waals surface area (Å²) in [5.41, 5.74) is 2.03. The predicted molar refractivity (Wildman–Crippen MR) is 82.2 cm³/mol. The quantitative estimate of drug-likeness (QED) is 0.843. The summed E-state index contributed by atoms with van der Waals surface area (Å²) in [5.74, 6) is -2.24. The van der Waals surface area contributed by atoms with E-state index >= 15 is 0 Å². The number of carboxylic acids is 1. The topological polar surface area (TPSA) is 86.7 Å². The van der Waals surface area contributed by atoms with Crippen molar-refractivity contribution in [3.05, 3.63) is 35.4 Å². The Morgan fingerprint density at radius 2 is 1.82 bits per heavy atom. The fraction of sp³-hybridized carbons (Fsp3) is 0.438. The Bertz CT molecular complexity index is 540. The molecule has 3 amide bonds. The van der Waals surface area contributed by atoms with E-state index in [-0.39, 0.29) is 13.1 Å². The Morgan fingerprint density at radius 3 is 2.27 bits per heavy atom. The molecule has 1 rings (SSSR count). The van der Waals surface area contributed by atoms with Gasteiger partial charge in [-0.05, 0) is 18.9 Å². The number of rotatable bonds is 6. The highest BCUT2D eigenvalue weighted by Gasteiger charge is 2.25. The highest BCUT2D eigenvalue weighted by molar-refractivity contribution is 5.93. The molecule has 1 aromatic carbocycles. The maximum atomic E-state index is 12.1. The summed E-state index contributed by atoms with van der Waals surface area (Å²) in [6.45, 7) is 5.09. The summed E-state index contributed by atoms with van der Waals surface area (Å²) >= 11 is 0. The SMILES string of the molecule is CC[C@@H](CN(C(C)=O)C(=O)NCc1ccc(C)cc1)C(=O)O. The molecule has 0 spiro atoms. The van der Waals surface area contributed by atoms with Crippen LogP contribution in [0.25, 0.3) is 0 Å². The molecule has 0 aliphatic carbocycles. The van der Waals surface area contributed by atoms with Crippen LogP contribution < -0.4 is 5.32 Å². The normalized spacial score (nSPS) is 11.6. The van der Waals surface area contributed by atoms with E-state index in [2.05, 4.69) is 5.32 Å². The second-order valence-corrected chi connectivity index (χ2v) is 5.22. The van der Waals surface area contributed by atoms with Crippen LogP contribution in [0.2, 0.25) is 0 Å². The number of nitrogens with one attached hydrogen (secondary N) is 1. The Balaban J connectivity index is 2.67. The molecule has 0 aromatic heterocycles. The number of aryl methyl sites for hydroxylation is 1. The molecule has 0 bridgehead atoms. The monoisotopic (exact) mass is 306 g/mol. The van der Waals surface area contributed by atoms with Gasteiger partial charge < -0.3 is 10.4 Å². The van der Waals surface area contributed by atoms with Crippen molar-refractivity contribution < 1.29 is 19.5 Å². The average Bonchev–Trinajstić information content (AvgIpc) is 2.46. The Morgan fingerprint density at radius 1 is 1.23 bits per heavy atom. The van der Waals surface area contributed by atoms with E-state index in [1.165, 1.54) is 6.92 Å². The highest BCUT2D eigenvalue weighted by atomic mass is 16.4. The van der Waals surface area contributed by atoms with Crippen LogP contribution in [0.15, 0.2) is 24.3 Å². The molecule has 0 aliphatic rings. The van der Waals surface area contributed by atoms with E-state index in [1.54, 1.807) is 6.92 Å². The van der Waals surface area contributed by atoms with Crippen LogP contribution in [-0.2, 0) is 16.1 Å². The molecular weight excluding hydrogens is 284 g/mol. The third-order valence-corrected chi connectivity index (χ3v) is 3.43. The molecular formula is C16H22N2O4. The molecule has 0 fully saturated rings. The van der Waals surface area contributed by atoms with E-state index < -0.39 is 23.8 Å². The molecule has 2 N–H and O–H groups in total. The van der Waals surface area contributed by atoms with Crippen LogP contribution in [-0.4, -0.2) is 34.5 Å². The number of urea groups is 1. The second-order valence-electron chi connectivity index (χ2n) is 5.22. The first-order chi connectivity index (χ1) is 10.3. The number of aliphatic carboxylic acids is 1. The maximum Gasteiger partial charge on any atom is 0.324 e. The van der Waals surface area contributed by atoms with Crippen LogP contribution in [0.5, 0.6) is 0 Å². The number of hydrogen-bond donors (Lipinski definition) is 2. The summed E-state index contributed by atoms with van der Waals surface area (Å²) in [5, 5.41) is 11.7. The number of imide groups is 1. The van der Waals surface area contributed by atoms with Crippen LogP contribution >= 0.6 is 0 Å². The summed E-state index contributed by atoms with van der Waals surface area (Å²) in [7, 11) is 0. The van der Waals surface area contributed by atoms with Crippen molar-refractivity contribution in [3.8, 4) is 0 Å². The van der Waals surface area contributed by atoms with Crippen molar-refractivity contribution in [3.63, 3.8) is 0 Å². The average molecular weight is 306 g/mol. The highest BCUT2D eigenvalue weighted by Crippen LogP contribution is 2.08. The zero-order chi connectivity index (χ0) is 16.7. The molecule has 0 radical (unpaired) electrons. The van der Waals surface area contributed by atoms with Crippen LogP contribution in [0.1, 0.15) is 31.4 Å². The van der Waals surface area contributed by atoms with Gasteiger partial charge in [0.05, 0.1) is 5.92 Å². The summed E-state index contributed by atoms with van der Waals surface area (Å²) in [6, 6.07) is 7.07.